The summed E-state index contributed by atoms with van der Waals surface area (Å²) in [5, 5.41) is 19.3. The van der Waals surface area contributed by atoms with Gasteiger partial charge in [0.2, 0.25) is 0 Å². The van der Waals surface area contributed by atoms with E-state index < -0.39 is 11.4 Å². The van der Waals surface area contributed by atoms with Crippen LogP contribution in [0.1, 0.15) is 29.5 Å². The van der Waals surface area contributed by atoms with E-state index in [2.05, 4.69) is 0 Å². The van der Waals surface area contributed by atoms with Crippen molar-refractivity contribution in [2.45, 2.75) is 31.1 Å². The number of benzene rings is 2. The number of hydrogen-bond donors (Lipinski definition) is 2. The number of hydrogen-bond acceptors (Lipinski definition) is 2. The van der Waals surface area contributed by atoms with Gasteiger partial charge in [-0.05, 0) is 54.5 Å². The van der Waals surface area contributed by atoms with E-state index in [0.717, 1.165) is 29.5 Å². The molecule has 0 aromatic heterocycles. The highest BCUT2D eigenvalue weighted by Crippen LogP contribution is 2.40. The SMILES string of the molecule is O=C(O)C1(Cc2ccc(O)cc2)CCCc2ccccc21. The summed E-state index contributed by atoms with van der Waals surface area (Å²) < 4.78 is 0. The van der Waals surface area contributed by atoms with Crippen molar-refractivity contribution in [2.24, 2.45) is 0 Å². The Balaban J connectivity index is 2.05. The highest BCUT2D eigenvalue weighted by molar-refractivity contribution is 5.83. The molecule has 3 heteroatoms. The number of aryl methyl sites for hydroxylation is 1. The molecule has 0 bridgehead atoms. The molecule has 2 aromatic carbocycles. The number of aromatic hydroxyl groups is 1. The average molecular weight is 282 g/mol. The Morgan fingerprint density at radius 3 is 2.52 bits per heavy atom. The van der Waals surface area contributed by atoms with Gasteiger partial charge in [-0.3, -0.25) is 4.79 Å². The third-order valence-corrected chi connectivity index (χ3v) is 4.43. The minimum atomic E-state index is -0.855. The summed E-state index contributed by atoms with van der Waals surface area (Å²) >= 11 is 0. The second kappa shape index (κ2) is 5.24. The minimum Gasteiger partial charge on any atom is -0.508 e. The summed E-state index contributed by atoms with van der Waals surface area (Å²) in [6, 6.07) is 14.7. The van der Waals surface area contributed by atoms with E-state index in [4.69, 9.17) is 0 Å². The monoisotopic (exact) mass is 282 g/mol. The van der Waals surface area contributed by atoms with Crippen LogP contribution in [-0.4, -0.2) is 16.2 Å². The molecule has 0 amide bonds. The van der Waals surface area contributed by atoms with Gasteiger partial charge in [0.05, 0.1) is 5.41 Å². The molecule has 1 unspecified atom stereocenters. The molecule has 0 spiro atoms. The van der Waals surface area contributed by atoms with Crippen molar-refractivity contribution in [1.82, 2.24) is 0 Å². The first-order chi connectivity index (χ1) is 10.1. The average Bonchev–Trinajstić information content (AvgIpc) is 2.50. The van der Waals surface area contributed by atoms with Crippen molar-refractivity contribution in [3.8, 4) is 5.75 Å². The second-order valence-electron chi connectivity index (χ2n) is 5.74. The lowest BCUT2D eigenvalue weighted by Gasteiger charge is -2.35. The number of carboxylic acid groups (broad SMARTS) is 1. The maximum atomic E-state index is 12.1. The molecule has 0 heterocycles. The normalized spacial score (nSPS) is 20.8. The topological polar surface area (TPSA) is 57.5 Å². The maximum absolute atomic E-state index is 12.1. The van der Waals surface area contributed by atoms with E-state index >= 15 is 0 Å². The number of carboxylic acids is 1. The molecule has 21 heavy (non-hydrogen) atoms. The zero-order chi connectivity index (χ0) is 14.9. The van der Waals surface area contributed by atoms with E-state index in [1.54, 1.807) is 24.3 Å². The molecule has 108 valence electrons. The lowest BCUT2D eigenvalue weighted by atomic mass is 9.67. The summed E-state index contributed by atoms with van der Waals surface area (Å²) in [6.07, 6.45) is 2.95. The van der Waals surface area contributed by atoms with Gasteiger partial charge in [-0.25, -0.2) is 0 Å². The van der Waals surface area contributed by atoms with Crippen LogP contribution in [0.5, 0.6) is 5.75 Å². The van der Waals surface area contributed by atoms with E-state index in [9.17, 15) is 15.0 Å². The van der Waals surface area contributed by atoms with E-state index in [-0.39, 0.29) is 5.75 Å². The van der Waals surface area contributed by atoms with Crippen LogP contribution in [0.15, 0.2) is 48.5 Å². The molecule has 1 atom stereocenters. The molecule has 0 aliphatic heterocycles. The lowest BCUT2D eigenvalue weighted by molar-refractivity contribution is -0.144. The molecule has 0 fully saturated rings. The van der Waals surface area contributed by atoms with Crippen molar-refractivity contribution in [2.75, 3.05) is 0 Å². The molecule has 2 N–H and O–H groups in total. The number of rotatable bonds is 3. The summed E-state index contributed by atoms with van der Waals surface area (Å²) in [7, 11) is 0. The number of phenols is 1. The molecule has 0 saturated carbocycles. The minimum absolute atomic E-state index is 0.201. The fourth-order valence-electron chi connectivity index (χ4n) is 3.36. The van der Waals surface area contributed by atoms with E-state index in [1.165, 1.54) is 0 Å². The van der Waals surface area contributed by atoms with Crippen molar-refractivity contribution >= 4 is 5.97 Å². The molecule has 0 radical (unpaired) electrons. The van der Waals surface area contributed by atoms with Crippen molar-refractivity contribution in [1.29, 1.82) is 0 Å². The third-order valence-electron chi connectivity index (χ3n) is 4.43. The molecule has 0 saturated heterocycles. The second-order valence-corrected chi connectivity index (χ2v) is 5.74. The Bertz CT molecular complexity index is 660. The summed E-state index contributed by atoms with van der Waals surface area (Å²) in [4.78, 5) is 12.1. The fraction of sp³-hybridized carbons (Fsp3) is 0.278. The Kier molecular flexibility index (Phi) is 3.42. The van der Waals surface area contributed by atoms with Gasteiger partial charge in [-0.15, -0.1) is 0 Å². The fourth-order valence-corrected chi connectivity index (χ4v) is 3.36. The molecule has 3 nitrogen and oxygen atoms in total. The number of phenolic OH excluding ortho intramolecular Hbond substituents is 1. The first-order valence-electron chi connectivity index (χ1n) is 7.21. The van der Waals surface area contributed by atoms with Gasteiger partial charge in [0.1, 0.15) is 5.75 Å². The van der Waals surface area contributed by atoms with Crippen LogP contribution in [0.25, 0.3) is 0 Å². The van der Waals surface area contributed by atoms with E-state index in [0.29, 0.717) is 12.8 Å². The van der Waals surface area contributed by atoms with Crippen molar-refractivity contribution in [3.05, 3.63) is 65.2 Å². The smallest absolute Gasteiger partial charge is 0.314 e. The Morgan fingerprint density at radius 1 is 1.10 bits per heavy atom. The maximum Gasteiger partial charge on any atom is 0.314 e. The largest absolute Gasteiger partial charge is 0.508 e. The van der Waals surface area contributed by atoms with Gasteiger partial charge in [-0.1, -0.05) is 36.4 Å². The van der Waals surface area contributed by atoms with Gasteiger partial charge in [0.15, 0.2) is 0 Å². The molecule has 1 aliphatic rings. The van der Waals surface area contributed by atoms with Crippen molar-refractivity contribution in [3.63, 3.8) is 0 Å². The standard InChI is InChI=1S/C18H18O3/c19-15-9-7-13(8-10-15)12-18(17(20)21)11-3-5-14-4-1-2-6-16(14)18/h1-2,4,6-10,19H,3,5,11-12H2,(H,20,21). The predicted molar refractivity (Wildman–Crippen MR) is 80.5 cm³/mol. The molecular formula is C18H18O3. The molecule has 1 aliphatic carbocycles. The van der Waals surface area contributed by atoms with Gasteiger partial charge < -0.3 is 10.2 Å². The van der Waals surface area contributed by atoms with Crippen LogP contribution in [0.2, 0.25) is 0 Å². The number of carbonyl (C=O) groups is 1. The zero-order valence-electron chi connectivity index (χ0n) is 11.7. The number of aliphatic carboxylic acids is 1. The van der Waals surface area contributed by atoms with E-state index in [1.807, 2.05) is 24.3 Å². The lowest BCUT2D eigenvalue weighted by Crippen LogP contribution is -2.41. The number of fused-ring (bicyclic) bond motifs is 1. The zero-order valence-corrected chi connectivity index (χ0v) is 11.7. The Morgan fingerprint density at radius 2 is 1.81 bits per heavy atom. The predicted octanol–water partition coefficient (Wildman–Crippen LogP) is 3.29. The molecule has 3 rings (SSSR count). The van der Waals surface area contributed by atoms with Gasteiger partial charge >= 0.3 is 5.97 Å². The van der Waals surface area contributed by atoms with Crippen LogP contribution >= 0.6 is 0 Å². The van der Waals surface area contributed by atoms with Gasteiger partial charge in [0, 0.05) is 0 Å². The summed E-state index contributed by atoms with van der Waals surface area (Å²) in [6.45, 7) is 0. The van der Waals surface area contributed by atoms with Crippen LogP contribution in [0.4, 0.5) is 0 Å². The quantitative estimate of drug-likeness (QED) is 0.908. The first-order valence-corrected chi connectivity index (χ1v) is 7.21. The third kappa shape index (κ3) is 2.40. The highest BCUT2D eigenvalue weighted by Gasteiger charge is 2.43. The van der Waals surface area contributed by atoms with Crippen LogP contribution < -0.4 is 0 Å². The van der Waals surface area contributed by atoms with Gasteiger partial charge in [0.25, 0.3) is 0 Å². The van der Waals surface area contributed by atoms with Crippen molar-refractivity contribution < 1.29 is 15.0 Å². The first kappa shape index (κ1) is 13.7. The Hall–Kier alpha value is -2.29. The summed E-state index contributed by atoms with van der Waals surface area (Å²) in [5.74, 6) is -0.560. The van der Waals surface area contributed by atoms with Crippen LogP contribution in [-0.2, 0) is 23.1 Å². The highest BCUT2D eigenvalue weighted by atomic mass is 16.4. The summed E-state index contributed by atoms with van der Waals surface area (Å²) in [5.41, 5.74) is 2.17. The van der Waals surface area contributed by atoms with Crippen LogP contribution in [0, 0.1) is 0 Å². The van der Waals surface area contributed by atoms with Crippen LogP contribution in [0.3, 0.4) is 0 Å². The van der Waals surface area contributed by atoms with Gasteiger partial charge in [-0.2, -0.15) is 0 Å². The Labute approximate surface area is 123 Å². The molecule has 2 aromatic rings. The molecular weight excluding hydrogens is 264 g/mol.